The van der Waals surface area contributed by atoms with Crippen molar-refractivity contribution in [2.75, 3.05) is 5.43 Å². The van der Waals surface area contributed by atoms with Crippen LogP contribution in [-0.2, 0) is 0 Å². The van der Waals surface area contributed by atoms with Crippen molar-refractivity contribution in [1.82, 2.24) is 9.97 Å². The molecule has 0 saturated heterocycles. The van der Waals surface area contributed by atoms with Crippen LogP contribution < -0.4 is 16.0 Å². The maximum atomic E-state index is 13.0. The molecule has 7 heteroatoms. The molecule has 0 bridgehead atoms. The molecule has 104 valence electrons. The number of benzene rings is 1. The molecule has 0 spiro atoms. The van der Waals surface area contributed by atoms with Gasteiger partial charge < -0.3 is 10.2 Å². The Labute approximate surface area is 123 Å². The summed E-state index contributed by atoms with van der Waals surface area (Å²) in [4.78, 5) is 8.65. The number of hydrazine groups is 1. The van der Waals surface area contributed by atoms with Crippen LogP contribution in [0.4, 0.5) is 10.2 Å². The minimum absolute atomic E-state index is 0.338. The lowest BCUT2D eigenvalue weighted by atomic mass is 10.3. The predicted octanol–water partition coefficient (Wildman–Crippen LogP) is 3.33. The molecule has 20 heavy (non-hydrogen) atoms. The molecule has 1 heterocycles. The highest BCUT2D eigenvalue weighted by Crippen LogP contribution is 2.39. The molecule has 2 aromatic rings. The number of nitrogens with zero attached hydrogens (tertiary/aromatic N) is 2. The molecule has 1 saturated carbocycles. The fraction of sp³-hybridized carbons (Fsp3) is 0.231. The van der Waals surface area contributed by atoms with E-state index in [-0.39, 0.29) is 5.82 Å². The molecule has 5 nitrogen and oxygen atoms in total. The average molecular weight is 339 g/mol. The standard InChI is InChI=1S/C13H12BrFN4O/c14-9-5-8(15)3-4-10(9)20-12-6-11(19-16)17-13(18-12)7-1-2-7/h3-7H,1-2,16H2,(H,17,18,19). The number of nitrogens with one attached hydrogen (secondary N) is 1. The first kappa shape index (κ1) is 13.3. The summed E-state index contributed by atoms with van der Waals surface area (Å²) in [5.41, 5.74) is 2.50. The summed E-state index contributed by atoms with van der Waals surface area (Å²) in [6, 6.07) is 5.79. The molecule has 1 aromatic carbocycles. The monoisotopic (exact) mass is 338 g/mol. The Morgan fingerprint density at radius 1 is 1.30 bits per heavy atom. The van der Waals surface area contributed by atoms with Crippen LogP contribution in [-0.4, -0.2) is 9.97 Å². The van der Waals surface area contributed by atoms with Crippen LogP contribution in [0, 0.1) is 5.82 Å². The fourth-order valence-corrected chi connectivity index (χ4v) is 2.20. The van der Waals surface area contributed by atoms with E-state index in [0.29, 0.717) is 33.7 Å². The van der Waals surface area contributed by atoms with Crippen LogP contribution >= 0.6 is 15.9 Å². The van der Waals surface area contributed by atoms with Crippen molar-refractivity contribution in [3.8, 4) is 11.6 Å². The summed E-state index contributed by atoms with van der Waals surface area (Å²) in [5, 5.41) is 0. The van der Waals surface area contributed by atoms with Gasteiger partial charge in [-0.25, -0.2) is 15.2 Å². The van der Waals surface area contributed by atoms with Crippen molar-refractivity contribution in [2.24, 2.45) is 5.84 Å². The highest BCUT2D eigenvalue weighted by Gasteiger charge is 2.27. The van der Waals surface area contributed by atoms with E-state index < -0.39 is 0 Å². The Hall–Kier alpha value is -1.73. The molecule has 3 rings (SSSR count). The van der Waals surface area contributed by atoms with Crippen LogP contribution in [0.25, 0.3) is 0 Å². The Bertz CT molecular complexity index is 648. The van der Waals surface area contributed by atoms with Gasteiger partial charge in [-0.1, -0.05) is 0 Å². The van der Waals surface area contributed by atoms with Crippen molar-refractivity contribution >= 4 is 21.7 Å². The second kappa shape index (κ2) is 5.34. The van der Waals surface area contributed by atoms with Crippen molar-refractivity contribution in [3.63, 3.8) is 0 Å². The number of rotatable bonds is 4. The predicted molar refractivity (Wildman–Crippen MR) is 76.0 cm³/mol. The average Bonchev–Trinajstić information content (AvgIpc) is 3.26. The van der Waals surface area contributed by atoms with E-state index in [9.17, 15) is 4.39 Å². The first-order valence-corrected chi connectivity index (χ1v) is 6.93. The Kier molecular flexibility index (Phi) is 3.54. The number of aromatic nitrogens is 2. The summed E-state index contributed by atoms with van der Waals surface area (Å²) >= 11 is 3.25. The third-order valence-corrected chi connectivity index (χ3v) is 3.54. The lowest BCUT2D eigenvalue weighted by molar-refractivity contribution is 0.454. The largest absolute Gasteiger partial charge is 0.438 e. The van der Waals surface area contributed by atoms with E-state index in [2.05, 4.69) is 31.3 Å². The second-order valence-electron chi connectivity index (χ2n) is 4.55. The smallest absolute Gasteiger partial charge is 0.224 e. The van der Waals surface area contributed by atoms with Gasteiger partial charge in [-0.3, -0.25) is 0 Å². The number of hydrogen-bond donors (Lipinski definition) is 2. The van der Waals surface area contributed by atoms with E-state index >= 15 is 0 Å². The molecule has 3 N–H and O–H groups in total. The molecule has 0 radical (unpaired) electrons. The minimum Gasteiger partial charge on any atom is -0.438 e. The summed E-state index contributed by atoms with van der Waals surface area (Å²) in [5.74, 6) is 7.51. The van der Waals surface area contributed by atoms with E-state index in [0.717, 1.165) is 12.8 Å². The van der Waals surface area contributed by atoms with E-state index in [4.69, 9.17) is 10.6 Å². The van der Waals surface area contributed by atoms with E-state index in [1.165, 1.54) is 18.2 Å². The highest BCUT2D eigenvalue weighted by molar-refractivity contribution is 9.10. The van der Waals surface area contributed by atoms with Crippen molar-refractivity contribution < 1.29 is 9.13 Å². The summed E-state index contributed by atoms with van der Waals surface area (Å²) in [6.07, 6.45) is 2.15. The Morgan fingerprint density at radius 3 is 2.75 bits per heavy atom. The topological polar surface area (TPSA) is 73.1 Å². The number of ether oxygens (including phenoxy) is 1. The SMILES string of the molecule is NNc1cc(Oc2ccc(F)cc2Br)nc(C2CC2)n1. The minimum atomic E-state index is -0.338. The van der Waals surface area contributed by atoms with Gasteiger partial charge in [0, 0.05) is 12.0 Å². The van der Waals surface area contributed by atoms with Crippen molar-refractivity contribution in [3.05, 3.63) is 40.4 Å². The lowest BCUT2D eigenvalue weighted by Crippen LogP contribution is -2.10. The fourth-order valence-electron chi connectivity index (χ4n) is 1.76. The first-order valence-electron chi connectivity index (χ1n) is 6.14. The number of hydrogen-bond acceptors (Lipinski definition) is 5. The van der Waals surface area contributed by atoms with Crippen LogP contribution in [0.1, 0.15) is 24.6 Å². The van der Waals surface area contributed by atoms with Gasteiger partial charge in [0.2, 0.25) is 5.88 Å². The van der Waals surface area contributed by atoms with Gasteiger partial charge >= 0.3 is 0 Å². The Morgan fingerprint density at radius 2 is 2.10 bits per heavy atom. The van der Waals surface area contributed by atoms with Crippen LogP contribution in [0.15, 0.2) is 28.7 Å². The maximum Gasteiger partial charge on any atom is 0.224 e. The zero-order valence-corrected chi connectivity index (χ0v) is 12.0. The summed E-state index contributed by atoms with van der Waals surface area (Å²) in [6.45, 7) is 0. The molecule has 1 aliphatic carbocycles. The van der Waals surface area contributed by atoms with Gasteiger partial charge in [0.05, 0.1) is 4.47 Å². The van der Waals surface area contributed by atoms with Crippen LogP contribution in [0.2, 0.25) is 0 Å². The number of nitrogen functional groups attached to an aromatic ring is 1. The normalized spacial score (nSPS) is 14.2. The second-order valence-corrected chi connectivity index (χ2v) is 5.40. The third kappa shape index (κ3) is 2.88. The lowest BCUT2D eigenvalue weighted by Gasteiger charge is -2.09. The van der Waals surface area contributed by atoms with Gasteiger partial charge in [-0.05, 0) is 47.0 Å². The zero-order chi connectivity index (χ0) is 14.1. The molecular weight excluding hydrogens is 327 g/mol. The molecule has 0 unspecified atom stereocenters. The maximum absolute atomic E-state index is 13.0. The zero-order valence-electron chi connectivity index (χ0n) is 10.4. The highest BCUT2D eigenvalue weighted by atomic mass is 79.9. The summed E-state index contributed by atoms with van der Waals surface area (Å²) < 4.78 is 19.2. The molecule has 0 aliphatic heterocycles. The Balaban J connectivity index is 1.91. The molecule has 1 aromatic heterocycles. The molecule has 1 fully saturated rings. The number of anilines is 1. The molecule has 1 aliphatic rings. The molecule has 0 amide bonds. The van der Waals surface area contributed by atoms with Gasteiger partial charge in [-0.2, -0.15) is 4.98 Å². The van der Waals surface area contributed by atoms with Gasteiger partial charge in [-0.15, -0.1) is 0 Å². The van der Waals surface area contributed by atoms with Gasteiger partial charge in [0.25, 0.3) is 0 Å². The van der Waals surface area contributed by atoms with E-state index in [1.807, 2.05) is 0 Å². The van der Waals surface area contributed by atoms with Gasteiger partial charge in [0.15, 0.2) is 0 Å². The van der Waals surface area contributed by atoms with Crippen LogP contribution in [0.5, 0.6) is 11.6 Å². The number of nitrogens with two attached hydrogens (primary N) is 1. The van der Waals surface area contributed by atoms with Crippen molar-refractivity contribution in [2.45, 2.75) is 18.8 Å². The molecular formula is C13H12BrFN4O. The van der Waals surface area contributed by atoms with Gasteiger partial charge in [0.1, 0.15) is 23.2 Å². The third-order valence-electron chi connectivity index (χ3n) is 2.92. The quantitative estimate of drug-likeness (QED) is 0.660. The number of halogens is 2. The first-order chi connectivity index (χ1) is 9.65. The van der Waals surface area contributed by atoms with Crippen LogP contribution in [0.3, 0.4) is 0 Å². The van der Waals surface area contributed by atoms with E-state index in [1.54, 1.807) is 6.07 Å². The molecule has 0 atom stereocenters. The van der Waals surface area contributed by atoms with Crippen molar-refractivity contribution in [1.29, 1.82) is 0 Å². The summed E-state index contributed by atoms with van der Waals surface area (Å²) in [7, 11) is 0.